The normalized spacial score (nSPS) is 14.3. The highest BCUT2D eigenvalue weighted by atomic mass is 32.2. The summed E-state index contributed by atoms with van der Waals surface area (Å²) in [5.41, 5.74) is 0.950. The molecule has 34 heavy (non-hydrogen) atoms. The number of benzene rings is 1. The third kappa shape index (κ3) is 5.88. The zero-order chi connectivity index (χ0) is 23.9. The monoisotopic (exact) mass is 481 g/mol. The van der Waals surface area contributed by atoms with Gasteiger partial charge in [-0.25, -0.2) is 0 Å². The van der Waals surface area contributed by atoms with Gasteiger partial charge >= 0.3 is 0 Å². The lowest BCUT2D eigenvalue weighted by molar-refractivity contribution is -0.113. The molecule has 1 fully saturated rings. The maximum Gasteiger partial charge on any atom is 0.253 e. The van der Waals surface area contributed by atoms with Gasteiger partial charge in [-0.05, 0) is 43.0 Å². The Morgan fingerprint density at radius 3 is 2.65 bits per heavy atom. The Morgan fingerprint density at radius 2 is 1.91 bits per heavy atom. The van der Waals surface area contributed by atoms with E-state index in [4.69, 9.17) is 4.42 Å². The van der Waals surface area contributed by atoms with E-state index >= 15 is 0 Å². The molecule has 0 bridgehead atoms. The quantitative estimate of drug-likeness (QED) is 0.409. The van der Waals surface area contributed by atoms with E-state index in [0.29, 0.717) is 46.5 Å². The van der Waals surface area contributed by atoms with Gasteiger partial charge in [-0.1, -0.05) is 57.0 Å². The van der Waals surface area contributed by atoms with Crippen LogP contribution in [0.2, 0.25) is 0 Å². The molecule has 2 N–H and O–H groups in total. The largest absolute Gasteiger partial charge is 0.461 e. The molecule has 8 nitrogen and oxygen atoms in total. The van der Waals surface area contributed by atoms with Gasteiger partial charge in [-0.15, -0.1) is 10.2 Å². The second-order valence-electron chi connectivity index (χ2n) is 8.93. The molecule has 2 heterocycles. The Kier molecular flexibility index (Phi) is 8.05. The van der Waals surface area contributed by atoms with Crippen LogP contribution in [0.25, 0.3) is 11.6 Å². The molecule has 1 aliphatic carbocycles. The molecule has 0 aliphatic heterocycles. The Bertz CT molecular complexity index is 1100. The molecular formula is C25H31N5O3S. The molecule has 180 valence electrons. The van der Waals surface area contributed by atoms with Crippen LogP contribution in [0.5, 0.6) is 0 Å². The van der Waals surface area contributed by atoms with E-state index in [2.05, 4.69) is 25.4 Å². The minimum Gasteiger partial charge on any atom is -0.461 e. The number of nitrogens with one attached hydrogen (secondary N) is 2. The van der Waals surface area contributed by atoms with Crippen LogP contribution in [0.1, 0.15) is 62.4 Å². The molecule has 0 unspecified atom stereocenters. The lowest BCUT2D eigenvalue weighted by Crippen LogP contribution is -2.28. The van der Waals surface area contributed by atoms with Gasteiger partial charge < -0.3 is 15.1 Å². The predicted molar refractivity (Wildman–Crippen MR) is 133 cm³/mol. The number of hydrogen-bond donors (Lipinski definition) is 2. The molecule has 1 aliphatic rings. The summed E-state index contributed by atoms with van der Waals surface area (Å²) in [4.78, 5) is 25.4. The number of furan rings is 1. The molecule has 9 heteroatoms. The van der Waals surface area contributed by atoms with Gasteiger partial charge in [0.05, 0.1) is 23.3 Å². The topological polar surface area (TPSA) is 102 Å². The molecule has 4 rings (SSSR count). The maximum atomic E-state index is 12.8. The van der Waals surface area contributed by atoms with Gasteiger partial charge in [-0.3, -0.25) is 14.2 Å². The van der Waals surface area contributed by atoms with Crippen molar-refractivity contribution in [1.82, 2.24) is 20.1 Å². The number of carbonyl (C=O) groups is 2. The minimum atomic E-state index is -0.202. The number of thioether (sulfide) groups is 1. The maximum absolute atomic E-state index is 12.8. The summed E-state index contributed by atoms with van der Waals surface area (Å²) in [5, 5.41) is 15.3. The number of anilines is 1. The van der Waals surface area contributed by atoms with Crippen LogP contribution in [0.4, 0.5) is 5.69 Å². The molecule has 3 aromatic rings. The van der Waals surface area contributed by atoms with E-state index in [1.807, 2.05) is 26.0 Å². The van der Waals surface area contributed by atoms with Crippen LogP contribution < -0.4 is 10.6 Å². The molecule has 0 radical (unpaired) electrons. The second kappa shape index (κ2) is 11.4. The molecule has 0 saturated heterocycles. The SMILES string of the molecule is CC(C)CNC(=O)c1ccccc1NC(=O)CSc1nnc(-c2ccco2)n1C1CCCCC1. The number of amides is 2. The molecule has 2 aromatic heterocycles. The third-order valence-electron chi connectivity index (χ3n) is 5.79. The van der Waals surface area contributed by atoms with Gasteiger partial charge in [0, 0.05) is 12.6 Å². The summed E-state index contributed by atoms with van der Waals surface area (Å²) >= 11 is 1.35. The fourth-order valence-electron chi connectivity index (χ4n) is 4.12. The van der Waals surface area contributed by atoms with Gasteiger partial charge in [0.15, 0.2) is 10.9 Å². The Morgan fingerprint density at radius 1 is 1.12 bits per heavy atom. The smallest absolute Gasteiger partial charge is 0.253 e. The van der Waals surface area contributed by atoms with Crippen molar-refractivity contribution < 1.29 is 14.0 Å². The lowest BCUT2D eigenvalue weighted by atomic mass is 9.95. The number of carbonyl (C=O) groups excluding carboxylic acids is 2. The summed E-state index contributed by atoms with van der Waals surface area (Å²) < 4.78 is 7.72. The fraction of sp³-hybridized carbons (Fsp3) is 0.440. The van der Waals surface area contributed by atoms with Crippen molar-refractivity contribution in [3.05, 3.63) is 48.2 Å². The van der Waals surface area contributed by atoms with Gasteiger partial charge in [0.1, 0.15) is 0 Å². The van der Waals surface area contributed by atoms with Gasteiger partial charge in [-0.2, -0.15) is 0 Å². The fourth-order valence-corrected chi connectivity index (χ4v) is 4.92. The van der Waals surface area contributed by atoms with Crippen molar-refractivity contribution >= 4 is 29.3 Å². The summed E-state index contributed by atoms with van der Waals surface area (Å²) in [6.45, 7) is 4.65. The molecule has 1 saturated carbocycles. The summed E-state index contributed by atoms with van der Waals surface area (Å²) in [5.74, 6) is 1.48. The predicted octanol–water partition coefficient (Wildman–Crippen LogP) is 5.16. The first kappa shape index (κ1) is 24.1. The molecule has 0 spiro atoms. The van der Waals surface area contributed by atoms with Crippen molar-refractivity contribution in [1.29, 1.82) is 0 Å². The van der Waals surface area contributed by atoms with E-state index in [0.717, 1.165) is 12.8 Å². The zero-order valence-electron chi connectivity index (χ0n) is 19.6. The Balaban J connectivity index is 1.45. The van der Waals surface area contributed by atoms with Crippen LogP contribution in [-0.4, -0.2) is 38.9 Å². The zero-order valence-corrected chi connectivity index (χ0v) is 20.4. The number of aromatic nitrogens is 3. The van der Waals surface area contributed by atoms with Crippen molar-refractivity contribution in [3.63, 3.8) is 0 Å². The standard InChI is InChI=1S/C25H31N5O3S/c1-17(2)15-26-24(32)19-11-6-7-12-20(19)27-22(31)16-34-25-29-28-23(21-13-8-14-33-21)30(25)18-9-4-3-5-10-18/h6-8,11-14,17-18H,3-5,9-10,15-16H2,1-2H3,(H,26,32)(H,27,31). The Labute approximate surface area is 203 Å². The first-order chi connectivity index (χ1) is 16.5. The van der Waals surface area contributed by atoms with Crippen molar-refractivity contribution in [2.75, 3.05) is 17.6 Å². The highest BCUT2D eigenvalue weighted by Gasteiger charge is 2.25. The van der Waals surface area contributed by atoms with Gasteiger partial charge in [0.2, 0.25) is 11.7 Å². The average molecular weight is 482 g/mol. The number of rotatable bonds is 9. The first-order valence-electron chi connectivity index (χ1n) is 11.8. The number of hydrogen-bond acceptors (Lipinski definition) is 6. The van der Waals surface area contributed by atoms with Crippen molar-refractivity contribution in [3.8, 4) is 11.6 Å². The lowest BCUT2D eigenvalue weighted by Gasteiger charge is -2.25. The van der Waals surface area contributed by atoms with E-state index < -0.39 is 0 Å². The summed E-state index contributed by atoms with van der Waals surface area (Å²) in [7, 11) is 0. The molecular weight excluding hydrogens is 450 g/mol. The number of para-hydroxylation sites is 1. The van der Waals surface area contributed by atoms with E-state index in [-0.39, 0.29) is 17.6 Å². The van der Waals surface area contributed by atoms with Crippen LogP contribution in [0, 0.1) is 5.92 Å². The van der Waals surface area contributed by atoms with E-state index in [1.165, 1.54) is 31.0 Å². The van der Waals surface area contributed by atoms with Crippen LogP contribution in [0.15, 0.2) is 52.2 Å². The molecule has 2 amide bonds. The Hall–Kier alpha value is -3.07. The first-order valence-corrected chi connectivity index (χ1v) is 12.8. The van der Waals surface area contributed by atoms with Crippen molar-refractivity contribution in [2.45, 2.75) is 57.1 Å². The van der Waals surface area contributed by atoms with Crippen LogP contribution in [-0.2, 0) is 4.79 Å². The van der Waals surface area contributed by atoms with Gasteiger partial charge in [0.25, 0.3) is 5.91 Å². The average Bonchev–Trinajstić information content (AvgIpc) is 3.52. The minimum absolute atomic E-state index is 0.158. The summed E-state index contributed by atoms with van der Waals surface area (Å²) in [6, 6.07) is 11.1. The van der Waals surface area contributed by atoms with E-state index in [9.17, 15) is 9.59 Å². The van der Waals surface area contributed by atoms with Crippen molar-refractivity contribution in [2.24, 2.45) is 5.92 Å². The van der Waals surface area contributed by atoms with Crippen LogP contribution >= 0.6 is 11.8 Å². The third-order valence-corrected chi connectivity index (χ3v) is 6.74. The highest BCUT2D eigenvalue weighted by molar-refractivity contribution is 7.99. The molecule has 0 atom stereocenters. The molecule has 1 aromatic carbocycles. The summed E-state index contributed by atoms with van der Waals surface area (Å²) in [6.07, 6.45) is 7.32. The number of nitrogens with zero attached hydrogens (tertiary/aromatic N) is 3. The van der Waals surface area contributed by atoms with E-state index in [1.54, 1.807) is 30.5 Å². The van der Waals surface area contributed by atoms with Crippen LogP contribution in [0.3, 0.4) is 0 Å². The second-order valence-corrected chi connectivity index (χ2v) is 9.87. The highest BCUT2D eigenvalue weighted by Crippen LogP contribution is 2.35.